The summed E-state index contributed by atoms with van der Waals surface area (Å²) in [5, 5.41) is 7.10. The summed E-state index contributed by atoms with van der Waals surface area (Å²) in [6, 6.07) is 10.4. The van der Waals surface area contributed by atoms with Gasteiger partial charge in [0, 0.05) is 18.3 Å². The van der Waals surface area contributed by atoms with Crippen LogP contribution in [0, 0.1) is 0 Å². The quantitative estimate of drug-likeness (QED) is 0.679. The van der Waals surface area contributed by atoms with Crippen molar-refractivity contribution in [3.8, 4) is 0 Å². The summed E-state index contributed by atoms with van der Waals surface area (Å²) in [7, 11) is 0. The molecule has 0 radical (unpaired) electrons. The number of carbonyl (C=O) groups is 1. The fourth-order valence-electron chi connectivity index (χ4n) is 1.85. The van der Waals surface area contributed by atoms with Crippen molar-refractivity contribution >= 4 is 12.1 Å². The van der Waals surface area contributed by atoms with Gasteiger partial charge >= 0.3 is 6.18 Å². The molecule has 1 aromatic heterocycles. The molecule has 5 nitrogen and oxygen atoms in total. The lowest BCUT2D eigenvalue weighted by molar-refractivity contribution is -0.141. The van der Waals surface area contributed by atoms with Gasteiger partial charge in [-0.15, -0.1) is 0 Å². The predicted octanol–water partition coefficient (Wildman–Crippen LogP) is 2.81. The van der Waals surface area contributed by atoms with E-state index in [-0.39, 0.29) is 12.5 Å². The minimum Gasteiger partial charge on any atom is -0.271 e. The van der Waals surface area contributed by atoms with E-state index in [1.165, 1.54) is 0 Å². The summed E-state index contributed by atoms with van der Waals surface area (Å²) in [4.78, 5) is 11.6. The van der Waals surface area contributed by atoms with Crippen molar-refractivity contribution in [3.05, 3.63) is 53.9 Å². The Morgan fingerprint density at radius 2 is 2.04 bits per heavy atom. The fourth-order valence-corrected chi connectivity index (χ4v) is 1.85. The average molecular weight is 324 g/mol. The van der Waals surface area contributed by atoms with Gasteiger partial charge in [0.1, 0.15) is 6.54 Å². The van der Waals surface area contributed by atoms with Crippen LogP contribution in [-0.4, -0.2) is 21.9 Å². The van der Waals surface area contributed by atoms with Crippen LogP contribution >= 0.6 is 0 Å². The van der Waals surface area contributed by atoms with Gasteiger partial charge in [-0.25, -0.2) is 5.43 Å². The number of aromatic nitrogens is 2. The van der Waals surface area contributed by atoms with E-state index >= 15 is 0 Å². The van der Waals surface area contributed by atoms with Crippen molar-refractivity contribution < 1.29 is 18.0 Å². The van der Waals surface area contributed by atoms with Gasteiger partial charge in [-0.1, -0.05) is 37.3 Å². The smallest absolute Gasteiger partial charge is 0.271 e. The number of hydrogen-bond donors (Lipinski definition) is 1. The first-order valence-corrected chi connectivity index (χ1v) is 6.84. The van der Waals surface area contributed by atoms with Gasteiger partial charge < -0.3 is 0 Å². The molecule has 2 rings (SSSR count). The van der Waals surface area contributed by atoms with E-state index in [1.807, 2.05) is 37.3 Å². The van der Waals surface area contributed by atoms with E-state index in [9.17, 15) is 18.0 Å². The Bertz CT molecular complexity index is 680. The van der Waals surface area contributed by atoms with Gasteiger partial charge in [-0.2, -0.15) is 23.4 Å². The topological polar surface area (TPSA) is 59.3 Å². The molecule has 0 unspecified atom stereocenters. The number of nitrogens with one attached hydrogen (secondary N) is 1. The summed E-state index contributed by atoms with van der Waals surface area (Å²) in [6.45, 7) is 1.57. The van der Waals surface area contributed by atoms with Crippen molar-refractivity contribution in [2.45, 2.75) is 25.6 Å². The highest BCUT2D eigenvalue weighted by Crippen LogP contribution is 2.27. The van der Waals surface area contributed by atoms with Gasteiger partial charge in [0.25, 0.3) is 5.91 Å². The van der Waals surface area contributed by atoms with E-state index in [1.54, 1.807) is 6.21 Å². The second-order valence-electron chi connectivity index (χ2n) is 4.91. The molecule has 1 amide bonds. The van der Waals surface area contributed by atoms with E-state index in [2.05, 4.69) is 15.6 Å². The number of hydrogen-bond acceptors (Lipinski definition) is 3. The molecule has 2 aromatic rings. The number of amides is 1. The highest BCUT2D eigenvalue weighted by atomic mass is 19.4. The molecule has 8 heteroatoms. The van der Waals surface area contributed by atoms with Gasteiger partial charge in [0.2, 0.25) is 0 Å². The summed E-state index contributed by atoms with van der Waals surface area (Å²) >= 11 is 0. The van der Waals surface area contributed by atoms with E-state index < -0.39 is 17.8 Å². The van der Waals surface area contributed by atoms with Crippen LogP contribution in [0.2, 0.25) is 0 Å². The van der Waals surface area contributed by atoms with E-state index in [0.29, 0.717) is 0 Å². The Morgan fingerprint density at radius 1 is 1.35 bits per heavy atom. The number of benzene rings is 1. The zero-order valence-electron chi connectivity index (χ0n) is 12.3. The standard InChI is InChI=1S/C15H15F3N4O/c1-11(12-5-3-2-4-6-12)9-19-20-14(23)10-22-8-7-13(21-22)15(16,17)18/h2-9,11H,10H2,1H3,(H,20,23)/b19-9-/t11-/m1/s1. The van der Waals surface area contributed by atoms with Crippen LogP contribution < -0.4 is 5.43 Å². The molecule has 0 saturated heterocycles. The highest BCUT2D eigenvalue weighted by Gasteiger charge is 2.33. The number of halogens is 3. The normalized spacial score (nSPS) is 13.2. The Morgan fingerprint density at radius 3 is 2.65 bits per heavy atom. The van der Waals surface area contributed by atoms with Gasteiger partial charge in [0.15, 0.2) is 5.69 Å². The van der Waals surface area contributed by atoms with Crippen LogP contribution in [0.4, 0.5) is 13.2 Å². The van der Waals surface area contributed by atoms with Crippen molar-refractivity contribution in [2.24, 2.45) is 5.10 Å². The third kappa shape index (κ3) is 4.94. The molecular formula is C15H15F3N4O. The number of carbonyl (C=O) groups excluding carboxylic acids is 1. The Balaban J connectivity index is 1.85. The highest BCUT2D eigenvalue weighted by molar-refractivity contribution is 5.77. The maximum atomic E-state index is 12.4. The predicted molar refractivity (Wildman–Crippen MR) is 78.7 cm³/mol. The second-order valence-corrected chi connectivity index (χ2v) is 4.91. The van der Waals surface area contributed by atoms with Crippen molar-refractivity contribution in [1.29, 1.82) is 0 Å². The first-order chi connectivity index (χ1) is 10.9. The zero-order chi connectivity index (χ0) is 16.9. The lowest BCUT2D eigenvalue weighted by Crippen LogP contribution is -2.24. The minimum absolute atomic E-state index is 0.00182. The molecule has 1 heterocycles. The first kappa shape index (κ1) is 16.7. The van der Waals surface area contributed by atoms with Gasteiger partial charge in [0.05, 0.1) is 0 Å². The zero-order valence-corrected chi connectivity index (χ0v) is 12.3. The molecule has 0 saturated carbocycles. The fraction of sp³-hybridized carbons (Fsp3) is 0.267. The molecule has 0 aliphatic rings. The molecule has 0 spiro atoms. The van der Waals surface area contributed by atoms with Crippen LogP contribution in [0.5, 0.6) is 0 Å². The molecule has 23 heavy (non-hydrogen) atoms. The number of rotatable bonds is 5. The first-order valence-electron chi connectivity index (χ1n) is 6.84. The number of alkyl halides is 3. The monoisotopic (exact) mass is 324 g/mol. The van der Waals surface area contributed by atoms with Crippen LogP contribution in [0.3, 0.4) is 0 Å². The molecule has 0 aliphatic carbocycles. The van der Waals surface area contributed by atoms with Crippen molar-refractivity contribution in [1.82, 2.24) is 15.2 Å². The summed E-state index contributed by atoms with van der Waals surface area (Å²) < 4.78 is 38.1. The average Bonchev–Trinajstić information content (AvgIpc) is 2.96. The molecule has 1 aromatic carbocycles. The summed E-state index contributed by atoms with van der Waals surface area (Å²) in [5.41, 5.74) is 2.27. The number of hydrazone groups is 1. The van der Waals surface area contributed by atoms with Crippen LogP contribution in [0.15, 0.2) is 47.7 Å². The molecule has 1 N–H and O–H groups in total. The van der Waals surface area contributed by atoms with Gasteiger partial charge in [-0.3, -0.25) is 9.48 Å². The largest absolute Gasteiger partial charge is 0.435 e. The molecule has 122 valence electrons. The maximum Gasteiger partial charge on any atom is 0.435 e. The lowest BCUT2D eigenvalue weighted by Gasteiger charge is -2.05. The summed E-state index contributed by atoms with van der Waals surface area (Å²) in [5.74, 6) is -0.559. The second kappa shape index (κ2) is 7.08. The molecular weight excluding hydrogens is 309 g/mol. The van der Waals surface area contributed by atoms with Crippen LogP contribution in [0.1, 0.15) is 24.1 Å². The van der Waals surface area contributed by atoms with E-state index in [0.717, 1.165) is 22.5 Å². The Hall–Kier alpha value is -2.64. The maximum absolute atomic E-state index is 12.4. The number of nitrogens with zero attached hydrogens (tertiary/aromatic N) is 3. The third-order valence-electron chi connectivity index (χ3n) is 3.05. The van der Waals surface area contributed by atoms with Crippen molar-refractivity contribution in [3.63, 3.8) is 0 Å². The lowest BCUT2D eigenvalue weighted by atomic mass is 10.0. The Labute approximate surface area is 130 Å². The third-order valence-corrected chi connectivity index (χ3v) is 3.05. The van der Waals surface area contributed by atoms with E-state index in [4.69, 9.17) is 0 Å². The van der Waals surface area contributed by atoms with Crippen molar-refractivity contribution in [2.75, 3.05) is 0 Å². The van der Waals surface area contributed by atoms with Crippen LogP contribution in [-0.2, 0) is 17.5 Å². The minimum atomic E-state index is -4.52. The molecule has 0 aliphatic heterocycles. The van der Waals surface area contributed by atoms with Gasteiger partial charge in [-0.05, 0) is 11.6 Å². The Kier molecular flexibility index (Phi) is 5.15. The van der Waals surface area contributed by atoms with Crippen LogP contribution in [0.25, 0.3) is 0 Å². The molecule has 0 fully saturated rings. The molecule has 1 atom stereocenters. The SMILES string of the molecule is C[C@H](/C=N\NC(=O)Cn1ccc(C(F)(F)F)n1)c1ccccc1. The summed E-state index contributed by atoms with van der Waals surface area (Å²) in [6.07, 6.45) is -1.87. The molecule has 0 bridgehead atoms.